The van der Waals surface area contributed by atoms with E-state index in [1.807, 2.05) is 0 Å². The number of guanidine groups is 1. The molecule has 23 nitrogen and oxygen atoms in total. The second kappa shape index (κ2) is 24.0. The molecule has 1 saturated heterocycles. The first-order valence-corrected chi connectivity index (χ1v) is 16.2. The molecule has 0 saturated carbocycles. The molecule has 1 aliphatic heterocycles. The average molecular weight is 805 g/mol. The van der Waals surface area contributed by atoms with Crippen LogP contribution < -0.4 is 43.8 Å². The van der Waals surface area contributed by atoms with Crippen molar-refractivity contribution >= 4 is 71.9 Å². The van der Waals surface area contributed by atoms with Gasteiger partial charge in [-0.3, -0.25) is 38.6 Å². The molecular weight excluding hydrogens is 761 g/mol. The Bertz CT molecular complexity index is 1400. The number of aliphatic imine (C=N–C) groups is 1. The highest BCUT2D eigenvalue weighted by Crippen LogP contribution is 2.19. The van der Waals surface area contributed by atoms with E-state index in [4.69, 9.17) is 27.1 Å². The molecule has 1 rings (SSSR count). The van der Waals surface area contributed by atoms with E-state index in [-0.39, 0.29) is 44.1 Å². The first-order chi connectivity index (χ1) is 25.1. The lowest BCUT2D eigenvalue weighted by Gasteiger charge is -2.29. The quantitative estimate of drug-likeness (QED) is 0.0236. The van der Waals surface area contributed by atoms with Gasteiger partial charge in [-0.2, -0.15) is 25.8 Å². The molecule has 1 aliphatic rings. The fraction of sp³-hybridized carbons (Fsp3) is 0.630. The second-order valence-corrected chi connectivity index (χ2v) is 11.4. The molecule has 0 aromatic rings. The van der Waals surface area contributed by atoms with Gasteiger partial charge in [0.05, 0.1) is 26.1 Å². The molecule has 1 heterocycles. The molecular formula is C27H43F3N10O13S. The maximum atomic E-state index is 13.2. The van der Waals surface area contributed by atoms with Gasteiger partial charge in [0.1, 0.15) is 30.2 Å². The van der Waals surface area contributed by atoms with Crippen molar-refractivity contribution in [3.63, 3.8) is 0 Å². The SMILES string of the molecule is NCC(=O)NC(CCCN=C(N)N)C(=O)NCC(=O)NC(CC(=O)O)C(=O)NC(CO)C(=O)N1CCCC1C(=O)NC(CS)C(=O)O.O=C(O)C(F)(F)F. The Morgan fingerprint density at radius 2 is 1.46 bits per heavy atom. The van der Waals surface area contributed by atoms with Gasteiger partial charge >= 0.3 is 24.1 Å². The number of nitrogens with two attached hydrogens (primary N) is 3. The maximum absolute atomic E-state index is 13.2. The van der Waals surface area contributed by atoms with Crippen LogP contribution in [0.5, 0.6) is 0 Å². The van der Waals surface area contributed by atoms with E-state index < -0.39 is 116 Å². The van der Waals surface area contributed by atoms with Crippen LogP contribution in [0.15, 0.2) is 4.99 Å². The van der Waals surface area contributed by atoms with Crippen LogP contribution in [0.25, 0.3) is 0 Å². The van der Waals surface area contributed by atoms with E-state index in [9.17, 15) is 66.8 Å². The van der Waals surface area contributed by atoms with Crippen molar-refractivity contribution in [3.8, 4) is 0 Å². The third-order valence-corrected chi connectivity index (χ3v) is 7.28. The van der Waals surface area contributed by atoms with Crippen molar-refractivity contribution in [1.29, 1.82) is 0 Å². The summed E-state index contributed by atoms with van der Waals surface area (Å²) in [6.45, 7) is -1.96. The molecule has 0 bridgehead atoms. The van der Waals surface area contributed by atoms with E-state index in [0.29, 0.717) is 6.42 Å². The molecule has 0 aromatic heterocycles. The Balaban J connectivity index is 0.00000363. The van der Waals surface area contributed by atoms with Crippen molar-refractivity contribution in [2.45, 2.75) is 68.5 Å². The molecule has 5 atom stereocenters. The number of thiol groups is 1. The molecule has 6 amide bonds. The first kappa shape index (κ1) is 48.6. The monoisotopic (exact) mass is 804 g/mol. The number of aliphatic carboxylic acids is 3. The van der Waals surface area contributed by atoms with Crippen LogP contribution >= 0.6 is 12.6 Å². The summed E-state index contributed by atoms with van der Waals surface area (Å²) in [6, 6.07) is -7.00. The minimum absolute atomic E-state index is 0.0396. The molecule has 0 aromatic carbocycles. The Morgan fingerprint density at radius 1 is 0.870 bits per heavy atom. The van der Waals surface area contributed by atoms with E-state index in [1.54, 1.807) is 0 Å². The summed E-state index contributed by atoms with van der Waals surface area (Å²) in [5.41, 5.74) is 15.8. The molecule has 27 heteroatoms. The van der Waals surface area contributed by atoms with Crippen molar-refractivity contribution in [1.82, 2.24) is 31.5 Å². The van der Waals surface area contributed by atoms with Gasteiger partial charge < -0.3 is 69.1 Å². The maximum Gasteiger partial charge on any atom is 0.490 e. The van der Waals surface area contributed by atoms with Crippen molar-refractivity contribution in [2.24, 2.45) is 22.2 Å². The number of rotatable bonds is 20. The predicted octanol–water partition coefficient (Wildman–Crippen LogP) is -5.84. The number of carbonyl (C=O) groups excluding carboxylic acids is 6. The Morgan fingerprint density at radius 3 is 1.94 bits per heavy atom. The van der Waals surface area contributed by atoms with Gasteiger partial charge in [-0.05, 0) is 25.7 Å². The molecule has 0 radical (unpaired) electrons. The van der Waals surface area contributed by atoms with Gasteiger partial charge in [-0.1, -0.05) is 0 Å². The topological polar surface area (TPSA) is 388 Å². The largest absolute Gasteiger partial charge is 0.490 e. The van der Waals surface area contributed by atoms with Crippen LogP contribution in [-0.2, 0) is 43.2 Å². The minimum Gasteiger partial charge on any atom is -0.481 e. The van der Waals surface area contributed by atoms with Crippen molar-refractivity contribution in [2.75, 3.05) is 38.5 Å². The number of nitrogens with zero attached hydrogens (tertiary/aromatic N) is 2. The van der Waals surface area contributed by atoms with Gasteiger partial charge in [0, 0.05) is 18.8 Å². The fourth-order valence-corrected chi connectivity index (χ4v) is 4.61. The zero-order valence-corrected chi connectivity index (χ0v) is 29.2. The lowest BCUT2D eigenvalue weighted by Crippen LogP contribution is -2.59. The second-order valence-electron chi connectivity index (χ2n) is 11.0. The summed E-state index contributed by atoms with van der Waals surface area (Å²) < 4.78 is 31.7. The van der Waals surface area contributed by atoms with Gasteiger partial charge in [0.15, 0.2) is 5.96 Å². The van der Waals surface area contributed by atoms with E-state index in [2.05, 4.69) is 44.2 Å². The van der Waals surface area contributed by atoms with Crippen molar-refractivity contribution < 1.29 is 76.7 Å². The van der Waals surface area contributed by atoms with Gasteiger partial charge in [-0.25, -0.2) is 9.59 Å². The number of alkyl halides is 3. The van der Waals surface area contributed by atoms with Crippen LogP contribution in [0.3, 0.4) is 0 Å². The lowest BCUT2D eigenvalue weighted by molar-refractivity contribution is -0.192. The van der Waals surface area contributed by atoms with Gasteiger partial charge in [-0.15, -0.1) is 0 Å². The number of aliphatic hydroxyl groups is 1. The third-order valence-electron chi connectivity index (χ3n) is 6.91. The highest BCUT2D eigenvalue weighted by molar-refractivity contribution is 7.80. The Labute approximate surface area is 309 Å². The van der Waals surface area contributed by atoms with E-state index in [0.717, 1.165) is 4.90 Å². The van der Waals surface area contributed by atoms with Crippen LogP contribution in [0.4, 0.5) is 13.2 Å². The number of likely N-dealkylation sites (tertiary alicyclic amines) is 1. The van der Waals surface area contributed by atoms with Crippen LogP contribution in [-0.4, -0.2) is 160 Å². The summed E-state index contributed by atoms with van der Waals surface area (Å²) in [4.78, 5) is 112. The smallest absolute Gasteiger partial charge is 0.481 e. The van der Waals surface area contributed by atoms with E-state index in [1.165, 1.54) is 0 Å². The highest BCUT2D eigenvalue weighted by Gasteiger charge is 2.40. The summed E-state index contributed by atoms with van der Waals surface area (Å²) in [5.74, 6) is -11.3. The zero-order valence-electron chi connectivity index (χ0n) is 28.3. The molecule has 15 N–H and O–H groups in total. The number of nitrogens with one attached hydrogen (secondary N) is 5. The highest BCUT2D eigenvalue weighted by atomic mass is 32.1. The predicted molar refractivity (Wildman–Crippen MR) is 179 cm³/mol. The van der Waals surface area contributed by atoms with Gasteiger partial charge in [0.25, 0.3) is 0 Å². The summed E-state index contributed by atoms with van der Waals surface area (Å²) in [5, 5.41) is 46.6. The summed E-state index contributed by atoms with van der Waals surface area (Å²) in [6.07, 6.45) is -5.19. The zero-order chi connectivity index (χ0) is 41.8. The minimum atomic E-state index is -5.08. The Hall–Kier alpha value is -5.44. The number of halogens is 3. The standard InChI is InChI=1S/C25H42N10O11S.C2HF3O2/c26-8-17(37)31-12(3-1-5-29-25(27)28)20(41)30-9-18(38)32-13(7-19(39)40)21(42)33-14(10-36)23(44)35-6-2-4-16(35)22(43)34-15(11-47)24(45)46;3-2(4,5)1(6)7/h12-16,36,47H,1-11,26H2,(H,30,41)(H,31,37)(H,32,38)(H,33,42)(H,34,43)(H,39,40)(H,45,46)(H4,27,28,29);(H,6,7). The number of amides is 6. The molecule has 54 heavy (non-hydrogen) atoms. The number of carboxylic acid groups (broad SMARTS) is 3. The summed E-state index contributed by atoms with van der Waals surface area (Å²) in [7, 11) is 0. The van der Waals surface area contributed by atoms with Crippen LogP contribution in [0.1, 0.15) is 32.1 Å². The number of hydrogen-bond acceptors (Lipinski definition) is 13. The van der Waals surface area contributed by atoms with Crippen LogP contribution in [0, 0.1) is 0 Å². The molecule has 0 aliphatic carbocycles. The van der Waals surface area contributed by atoms with Gasteiger partial charge in [0.2, 0.25) is 35.4 Å². The lowest BCUT2D eigenvalue weighted by atomic mass is 10.1. The van der Waals surface area contributed by atoms with Crippen molar-refractivity contribution in [3.05, 3.63) is 0 Å². The number of carboxylic acids is 3. The number of carbonyl (C=O) groups is 9. The normalized spacial score (nSPS) is 15.7. The fourth-order valence-electron chi connectivity index (χ4n) is 4.36. The number of hydrogen-bond donors (Lipinski definition) is 13. The molecule has 5 unspecified atom stereocenters. The first-order valence-electron chi connectivity index (χ1n) is 15.6. The molecule has 1 fully saturated rings. The summed E-state index contributed by atoms with van der Waals surface area (Å²) >= 11 is 3.88. The number of aliphatic hydroxyl groups excluding tert-OH is 1. The van der Waals surface area contributed by atoms with Crippen LogP contribution in [0.2, 0.25) is 0 Å². The third kappa shape index (κ3) is 18.4. The molecule has 306 valence electrons. The molecule has 0 spiro atoms. The van der Waals surface area contributed by atoms with E-state index >= 15 is 0 Å². The Kier molecular flexibility index (Phi) is 21.6. The average Bonchev–Trinajstić information content (AvgIpc) is 3.58.